The van der Waals surface area contributed by atoms with Crippen molar-refractivity contribution in [2.75, 3.05) is 11.9 Å². The summed E-state index contributed by atoms with van der Waals surface area (Å²) in [6.07, 6.45) is 6.71. The number of hydrogen-bond acceptors (Lipinski definition) is 5. The molecule has 3 rings (SSSR count). The second kappa shape index (κ2) is 6.52. The summed E-state index contributed by atoms with van der Waals surface area (Å²) in [5.74, 6) is 1.95. The van der Waals surface area contributed by atoms with Crippen molar-refractivity contribution in [2.24, 2.45) is 0 Å². The van der Waals surface area contributed by atoms with E-state index >= 15 is 0 Å². The first-order valence-electron chi connectivity index (χ1n) is 7.80. The van der Waals surface area contributed by atoms with Crippen LogP contribution in [0, 0.1) is 6.92 Å². The Morgan fingerprint density at radius 3 is 2.76 bits per heavy atom. The SMILES string of the molecule is CCNc1nc(Cc2nc(C)cs2)nc2c1CCCCC2. The zero-order chi connectivity index (χ0) is 14.7. The smallest absolute Gasteiger partial charge is 0.137 e. The Hall–Kier alpha value is -1.49. The van der Waals surface area contributed by atoms with Gasteiger partial charge in [-0.05, 0) is 39.5 Å². The zero-order valence-electron chi connectivity index (χ0n) is 12.8. The molecule has 1 aliphatic rings. The summed E-state index contributed by atoms with van der Waals surface area (Å²) in [6, 6.07) is 0. The van der Waals surface area contributed by atoms with E-state index in [-0.39, 0.29) is 0 Å². The van der Waals surface area contributed by atoms with Crippen LogP contribution in [0.3, 0.4) is 0 Å². The number of rotatable bonds is 4. The van der Waals surface area contributed by atoms with E-state index in [0.717, 1.165) is 48.2 Å². The molecule has 0 atom stereocenters. The normalized spacial score (nSPS) is 14.6. The molecule has 0 fully saturated rings. The van der Waals surface area contributed by atoms with E-state index in [1.165, 1.54) is 30.5 Å². The molecule has 0 aromatic carbocycles. The lowest BCUT2D eigenvalue weighted by Crippen LogP contribution is -2.11. The topological polar surface area (TPSA) is 50.7 Å². The van der Waals surface area contributed by atoms with Crippen LogP contribution >= 0.6 is 11.3 Å². The molecule has 0 radical (unpaired) electrons. The number of hydrogen-bond donors (Lipinski definition) is 1. The van der Waals surface area contributed by atoms with Gasteiger partial charge >= 0.3 is 0 Å². The molecule has 0 amide bonds. The van der Waals surface area contributed by atoms with Gasteiger partial charge in [-0.3, -0.25) is 0 Å². The minimum absolute atomic E-state index is 0.740. The molecule has 1 N–H and O–H groups in total. The first kappa shape index (κ1) is 14.4. The van der Waals surface area contributed by atoms with E-state index in [1.807, 2.05) is 6.92 Å². The van der Waals surface area contributed by atoms with Gasteiger partial charge in [-0.15, -0.1) is 11.3 Å². The molecule has 0 saturated heterocycles. The second-order valence-corrected chi connectivity index (χ2v) is 6.51. The van der Waals surface area contributed by atoms with Crippen LogP contribution in [0.25, 0.3) is 0 Å². The highest BCUT2D eigenvalue weighted by atomic mass is 32.1. The highest BCUT2D eigenvalue weighted by Gasteiger charge is 2.17. The van der Waals surface area contributed by atoms with Crippen molar-refractivity contribution < 1.29 is 0 Å². The number of thiazole rings is 1. The molecule has 0 unspecified atom stereocenters. The van der Waals surface area contributed by atoms with Crippen molar-refractivity contribution in [1.29, 1.82) is 0 Å². The third kappa shape index (κ3) is 3.40. The third-order valence-electron chi connectivity index (χ3n) is 3.80. The number of aryl methyl sites for hydroxylation is 2. The van der Waals surface area contributed by atoms with Crippen LogP contribution < -0.4 is 5.32 Å². The van der Waals surface area contributed by atoms with E-state index in [0.29, 0.717) is 0 Å². The fourth-order valence-corrected chi connectivity index (χ4v) is 3.60. The molecule has 2 aromatic heterocycles. The molecule has 21 heavy (non-hydrogen) atoms. The zero-order valence-corrected chi connectivity index (χ0v) is 13.6. The van der Waals surface area contributed by atoms with Crippen molar-refractivity contribution in [2.45, 2.75) is 52.4 Å². The maximum absolute atomic E-state index is 4.84. The van der Waals surface area contributed by atoms with Gasteiger partial charge < -0.3 is 5.32 Å². The van der Waals surface area contributed by atoms with E-state index < -0.39 is 0 Å². The molecule has 0 spiro atoms. The Morgan fingerprint density at radius 1 is 1.14 bits per heavy atom. The maximum atomic E-state index is 4.84. The molecule has 1 aliphatic carbocycles. The van der Waals surface area contributed by atoms with Gasteiger partial charge in [0, 0.05) is 28.9 Å². The van der Waals surface area contributed by atoms with E-state index in [9.17, 15) is 0 Å². The Morgan fingerprint density at radius 2 is 2.00 bits per heavy atom. The summed E-state index contributed by atoms with van der Waals surface area (Å²) < 4.78 is 0. The molecule has 2 heterocycles. The number of nitrogens with one attached hydrogen (secondary N) is 1. The van der Waals surface area contributed by atoms with Crippen molar-refractivity contribution in [1.82, 2.24) is 15.0 Å². The Balaban J connectivity index is 1.93. The first-order valence-corrected chi connectivity index (χ1v) is 8.67. The van der Waals surface area contributed by atoms with Crippen molar-refractivity contribution in [3.8, 4) is 0 Å². The lowest BCUT2D eigenvalue weighted by molar-refractivity contribution is 0.708. The van der Waals surface area contributed by atoms with Gasteiger partial charge in [0.05, 0.1) is 6.42 Å². The highest BCUT2D eigenvalue weighted by molar-refractivity contribution is 7.09. The highest BCUT2D eigenvalue weighted by Crippen LogP contribution is 2.25. The summed E-state index contributed by atoms with van der Waals surface area (Å²) in [7, 11) is 0. The second-order valence-electron chi connectivity index (χ2n) is 5.56. The average Bonchev–Trinajstić information content (AvgIpc) is 2.73. The predicted molar refractivity (Wildman–Crippen MR) is 87.1 cm³/mol. The molecular weight excluding hydrogens is 280 g/mol. The largest absolute Gasteiger partial charge is 0.370 e. The van der Waals surface area contributed by atoms with Gasteiger partial charge in [0.2, 0.25) is 0 Å². The van der Waals surface area contributed by atoms with E-state index in [1.54, 1.807) is 11.3 Å². The van der Waals surface area contributed by atoms with Crippen LogP contribution in [0.15, 0.2) is 5.38 Å². The molecule has 112 valence electrons. The summed E-state index contributed by atoms with van der Waals surface area (Å²) in [5.41, 5.74) is 3.67. The van der Waals surface area contributed by atoms with Gasteiger partial charge in [0.1, 0.15) is 16.6 Å². The molecule has 2 aromatic rings. The van der Waals surface area contributed by atoms with Crippen LogP contribution in [0.1, 0.15) is 54.0 Å². The predicted octanol–water partition coefficient (Wildman–Crippen LogP) is 3.53. The number of aromatic nitrogens is 3. The summed E-state index contributed by atoms with van der Waals surface area (Å²) in [6.45, 7) is 5.05. The Kier molecular flexibility index (Phi) is 4.48. The number of fused-ring (bicyclic) bond motifs is 1. The molecular formula is C16H22N4S. The Labute approximate surface area is 130 Å². The molecule has 5 heteroatoms. The lowest BCUT2D eigenvalue weighted by atomic mass is 10.1. The number of anilines is 1. The van der Waals surface area contributed by atoms with E-state index in [2.05, 4.69) is 22.6 Å². The molecule has 0 bridgehead atoms. The van der Waals surface area contributed by atoms with Crippen LogP contribution in [0.5, 0.6) is 0 Å². The summed E-state index contributed by atoms with van der Waals surface area (Å²) in [4.78, 5) is 14.1. The maximum Gasteiger partial charge on any atom is 0.137 e. The van der Waals surface area contributed by atoms with Crippen LogP contribution in [0.4, 0.5) is 5.82 Å². The van der Waals surface area contributed by atoms with E-state index in [4.69, 9.17) is 9.97 Å². The Bertz CT molecular complexity index is 621. The van der Waals surface area contributed by atoms with Crippen LogP contribution in [-0.4, -0.2) is 21.5 Å². The molecule has 0 saturated carbocycles. The fraction of sp³-hybridized carbons (Fsp3) is 0.562. The van der Waals surface area contributed by atoms with Crippen molar-refractivity contribution in [3.05, 3.63) is 33.2 Å². The van der Waals surface area contributed by atoms with Gasteiger partial charge in [0.15, 0.2) is 0 Å². The third-order valence-corrected chi connectivity index (χ3v) is 4.77. The van der Waals surface area contributed by atoms with Gasteiger partial charge in [-0.25, -0.2) is 15.0 Å². The summed E-state index contributed by atoms with van der Waals surface area (Å²) >= 11 is 1.69. The van der Waals surface area contributed by atoms with Crippen LogP contribution in [0.2, 0.25) is 0 Å². The lowest BCUT2D eigenvalue weighted by Gasteiger charge is -2.13. The molecule has 4 nitrogen and oxygen atoms in total. The average molecular weight is 302 g/mol. The standard InChI is InChI=1S/C16H22N4S/c1-3-17-16-12-7-5-4-6-8-13(12)19-14(20-16)9-15-18-11(2)10-21-15/h10H,3-9H2,1-2H3,(H,17,19,20). The van der Waals surface area contributed by atoms with Crippen LogP contribution in [-0.2, 0) is 19.3 Å². The van der Waals surface area contributed by atoms with Crippen molar-refractivity contribution in [3.63, 3.8) is 0 Å². The summed E-state index contributed by atoms with van der Waals surface area (Å²) in [5, 5.41) is 6.61. The van der Waals surface area contributed by atoms with Gasteiger partial charge in [-0.1, -0.05) is 6.42 Å². The van der Waals surface area contributed by atoms with Crippen molar-refractivity contribution >= 4 is 17.2 Å². The minimum Gasteiger partial charge on any atom is -0.370 e. The first-order chi connectivity index (χ1) is 10.3. The van der Waals surface area contributed by atoms with Gasteiger partial charge in [-0.2, -0.15) is 0 Å². The minimum atomic E-state index is 0.740. The number of nitrogens with zero attached hydrogens (tertiary/aromatic N) is 3. The monoisotopic (exact) mass is 302 g/mol. The molecule has 0 aliphatic heterocycles. The van der Waals surface area contributed by atoms with Gasteiger partial charge in [0.25, 0.3) is 0 Å². The quantitative estimate of drug-likeness (QED) is 0.878. The fourth-order valence-electron chi connectivity index (χ4n) is 2.83.